The van der Waals surface area contributed by atoms with E-state index in [0.717, 1.165) is 42.2 Å². The lowest BCUT2D eigenvalue weighted by atomic mass is 10.0. The van der Waals surface area contributed by atoms with Gasteiger partial charge in [-0.3, -0.25) is 9.89 Å². The van der Waals surface area contributed by atoms with Gasteiger partial charge in [-0.1, -0.05) is 0 Å². The maximum Gasteiger partial charge on any atom is 0.251 e. The van der Waals surface area contributed by atoms with Gasteiger partial charge in [-0.2, -0.15) is 5.10 Å². The smallest absolute Gasteiger partial charge is 0.251 e. The van der Waals surface area contributed by atoms with E-state index in [1.165, 1.54) is 0 Å². The molecule has 34 heavy (non-hydrogen) atoms. The highest BCUT2D eigenvalue weighted by Gasteiger charge is 2.24. The van der Waals surface area contributed by atoms with E-state index in [4.69, 9.17) is 14.2 Å². The van der Waals surface area contributed by atoms with Crippen molar-refractivity contribution in [2.45, 2.75) is 32.7 Å². The Bertz CT molecular complexity index is 1100. The van der Waals surface area contributed by atoms with Crippen molar-refractivity contribution in [2.24, 2.45) is 0 Å². The molecule has 0 bridgehead atoms. The highest BCUT2D eigenvalue weighted by Crippen LogP contribution is 2.29. The van der Waals surface area contributed by atoms with Crippen LogP contribution in [0, 0.1) is 0 Å². The van der Waals surface area contributed by atoms with Crippen LogP contribution in [-0.2, 0) is 0 Å². The van der Waals surface area contributed by atoms with Crippen LogP contribution in [0.25, 0.3) is 11.3 Å². The van der Waals surface area contributed by atoms with Gasteiger partial charge in [0.15, 0.2) is 17.3 Å². The number of nitrogens with one attached hydrogen (secondary N) is 2. The minimum atomic E-state index is -0.114. The van der Waals surface area contributed by atoms with Crippen molar-refractivity contribution < 1.29 is 19.0 Å². The van der Waals surface area contributed by atoms with Crippen molar-refractivity contribution in [1.82, 2.24) is 15.5 Å². The minimum absolute atomic E-state index is 0.0319. The molecule has 1 atom stereocenters. The standard InChI is InChI=1S/C26H32N4O4/c1-4-33-23-13-10-19(15-24(23)34-5-2)26(31)27-20-7-6-14-30(17-20)25-16-22(28-29-25)18-8-11-21(32-3)12-9-18/h8-13,15-16,20H,4-7,14,17H2,1-3H3,(H,27,31)(H,28,29)/t20-/m1/s1. The first kappa shape index (κ1) is 23.5. The summed E-state index contributed by atoms with van der Waals surface area (Å²) in [6.07, 6.45) is 1.90. The molecule has 1 aromatic heterocycles. The van der Waals surface area contributed by atoms with Crippen LogP contribution in [0.15, 0.2) is 48.5 Å². The molecule has 2 heterocycles. The first-order valence-electron chi connectivity index (χ1n) is 11.8. The highest BCUT2D eigenvalue weighted by molar-refractivity contribution is 5.95. The van der Waals surface area contributed by atoms with E-state index < -0.39 is 0 Å². The molecule has 1 fully saturated rings. The molecule has 2 N–H and O–H groups in total. The van der Waals surface area contributed by atoms with Crippen LogP contribution < -0.4 is 24.4 Å². The SMILES string of the molecule is CCOc1ccc(C(=O)N[C@@H]2CCCN(c3cc(-c4ccc(OC)cc4)[nH]n3)C2)cc1OCC. The zero-order chi connectivity index (χ0) is 23.9. The van der Waals surface area contributed by atoms with E-state index in [2.05, 4.69) is 20.4 Å². The van der Waals surface area contributed by atoms with Crippen LogP contribution in [0.4, 0.5) is 5.82 Å². The summed E-state index contributed by atoms with van der Waals surface area (Å²) < 4.78 is 16.5. The Morgan fingerprint density at radius 2 is 1.85 bits per heavy atom. The molecule has 2 aromatic carbocycles. The maximum atomic E-state index is 13.0. The van der Waals surface area contributed by atoms with Crippen molar-refractivity contribution in [3.8, 4) is 28.5 Å². The largest absolute Gasteiger partial charge is 0.497 e. The fourth-order valence-electron chi connectivity index (χ4n) is 4.16. The quantitative estimate of drug-likeness (QED) is 0.491. The lowest BCUT2D eigenvalue weighted by Gasteiger charge is -2.33. The van der Waals surface area contributed by atoms with Gasteiger partial charge in [0.2, 0.25) is 0 Å². The molecule has 180 valence electrons. The summed E-state index contributed by atoms with van der Waals surface area (Å²) in [4.78, 5) is 15.2. The average Bonchev–Trinajstić information content (AvgIpc) is 3.36. The topological polar surface area (TPSA) is 88.7 Å². The van der Waals surface area contributed by atoms with Crippen LogP contribution in [0.1, 0.15) is 37.0 Å². The summed E-state index contributed by atoms with van der Waals surface area (Å²) in [5.74, 6) is 2.82. The third-order valence-corrected chi connectivity index (χ3v) is 5.85. The number of aromatic amines is 1. The molecular weight excluding hydrogens is 432 g/mol. The third kappa shape index (κ3) is 5.44. The lowest BCUT2D eigenvalue weighted by Crippen LogP contribution is -2.48. The Morgan fingerprint density at radius 3 is 2.59 bits per heavy atom. The first-order chi connectivity index (χ1) is 16.6. The molecule has 0 unspecified atom stereocenters. The molecule has 0 radical (unpaired) electrons. The van der Waals surface area contributed by atoms with Crippen molar-refractivity contribution in [1.29, 1.82) is 0 Å². The van der Waals surface area contributed by atoms with Crippen LogP contribution in [0.5, 0.6) is 17.2 Å². The molecule has 4 rings (SSSR count). The van der Waals surface area contributed by atoms with Gasteiger partial charge < -0.3 is 24.4 Å². The second-order valence-electron chi connectivity index (χ2n) is 8.15. The number of H-pyrrole nitrogens is 1. The minimum Gasteiger partial charge on any atom is -0.497 e. The number of methoxy groups -OCH3 is 1. The number of rotatable bonds is 9. The second-order valence-corrected chi connectivity index (χ2v) is 8.15. The van der Waals surface area contributed by atoms with Crippen molar-refractivity contribution in [3.63, 3.8) is 0 Å². The monoisotopic (exact) mass is 464 g/mol. The van der Waals surface area contributed by atoms with Gasteiger partial charge >= 0.3 is 0 Å². The molecule has 1 aliphatic heterocycles. The van der Waals surface area contributed by atoms with E-state index in [9.17, 15) is 4.79 Å². The number of ether oxygens (including phenoxy) is 3. The molecule has 3 aromatic rings. The van der Waals surface area contributed by atoms with Gasteiger partial charge in [-0.25, -0.2) is 0 Å². The molecule has 0 spiro atoms. The summed E-state index contributed by atoms with van der Waals surface area (Å²) in [5.41, 5.74) is 2.55. The summed E-state index contributed by atoms with van der Waals surface area (Å²) in [5, 5.41) is 10.8. The van der Waals surface area contributed by atoms with Crippen LogP contribution in [-0.4, -0.2) is 55.6 Å². The van der Waals surface area contributed by atoms with Gasteiger partial charge in [-0.15, -0.1) is 0 Å². The lowest BCUT2D eigenvalue weighted by molar-refractivity contribution is 0.0932. The fourth-order valence-corrected chi connectivity index (χ4v) is 4.16. The van der Waals surface area contributed by atoms with Gasteiger partial charge in [0.25, 0.3) is 5.91 Å². The summed E-state index contributed by atoms with van der Waals surface area (Å²) in [7, 11) is 1.66. The number of hydrogen-bond donors (Lipinski definition) is 2. The number of carbonyl (C=O) groups is 1. The molecule has 0 aliphatic carbocycles. The Hall–Kier alpha value is -3.68. The highest BCUT2D eigenvalue weighted by atomic mass is 16.5. The maximum absolute atomic E-state index is 13.0. The van der Waals surface area contributed by atoms with E-state index in [0.29, 0.717) is 36.8 Å². The summed E-state index contributed by atoms with van der Waals surface area (Å²) in [6.45, 7) is 6.48. The van der Waals surface area contributed by atoms with Crippen molar-refractivity contribution in [2.75, 3.05) is 38.3 Å². The number of nitrogens with zero attached hydrogens (tertiary/aromatic N) is 2. The average molecular weight is 465 g/mol. The van der Waals surface area contributed by atoms with Crippen molar-refractivity contribution in [3.05, 3.63) is 54.1 Å². The van der Waals surface area contributed by atoms with E-state index in [1.807, 2.05) is 44.2 Å². The molecule has 8 heteroatoms. The number of hydrogen-bond acceptors (Lipinski definition) is 6. The summed E-state index contributed by atoms with van der Waals surface area (Å²) in [6, 6.07) is 15.3. The van der Waals surface area contributed by atoms with Crippen LogP contribution in [0.3, 0.4) is 0 Å². The predicted molar refractivity (Wildman–Crippen MR) is 132 cm³/mol. The molecule has 1 amide bonds. The predicted octanol–water partition coefficient (Wildman–Crippen LogP) is 4.28. The van der Waals surface area contributed by atoms with Crippen LogP contribution >= 0.6 is 0 Å². The Kier molecular flexibility index (Phi) is 7.57. The van der Waals surface area contributed by atoms with Gasteiger partial charge in [0.1, 0.15) is 5.75 Å². The zero-order valence-corrected chi connectivity index (χ0v) is 20.0. The normalized spacial score (nSPS) is 15.6. The Balaban J connectivity index is 1.41. The van der Waals surface area contributed by atoms with Gasteiger partial charge in [-0.05, 0) is 74.7 Å². The van der Waals surface area contributed by atoms with Gasteiger partial charge in [0.05, 0.1) is 26.0 Å². The van der Waals surface area contributed by atoms with Crippen molar-refractivity contribution >= 4 is 11.7 Å². The number of carbonyl (C=O) groups excluding carboxylic acids is 1. The Labute approximate surface area is 200 Å². The number of aromatic nitrogens is 2. The number of piperidine rings is 1. The van der Waals surface area contributed by atoms with E-state index in [1.54, 1.807) is 25.3 Å². The Morgan fingerprint density at radius 1 is 1.09 bits per heavy atom. The number of anilines is 1. The van der Waals surface area contributed by atoms with Gasteiger partial charge in [0, 0.05) is 30.8 Å². The molecule has 8 nitrogen and oxygen atoms in total. The van der Waals surface area contributed by atoms with E-state index >= 15 is 0 Å². The number of benzene rings is 2. The second kappa shape index (κ2) is 11.0. The first-order valence-corrected chi connectivity index (χ1v) is 11.8. The molecule has 1 aliphatic rings. The molecule has 0 saturated carbocycles. The fraction of sp³-hybridized carbons (Fsp3) is 0.385. The number of amides is 1. The third-order valence-electron chi connectivity index (χ3n) is 5.85. The van der Waals surface area contributed by atoms with Crippen LogP contribution in [0.2, 0.25) is 0 Å². The van der Waals surface area contributed by atoms with E-state index in [-0.39, 0.29) is 11.9 Å². The molecule has 1 saturated heterocycles. The molecular formula is C26H32N4O4. The zero-order valence-electron chi connectivity index (χ0n) is 20.0. The summed E-state index contributed by atoms with van der Waals surface area (Å²) >= 11 is 0.